The van der Waals surface area contributed by atoms with E-state index < -0.39 is 28.0 Å². The molecule has 1 aromatic carbocycles. The van der Waals surface area contributed by atoms with Crippen molar-refractivity contribution in [3.8, 4) is 5.75 Å². The summed E-state index contributed by atoms with van der Waals surface area (Å²) in [6.07, 6.45) is 6.13. The number of halogens is 3. The van der Waals surface area contributed by atoms with Crippen LogP contribution in [0.1, 0.15) is 49.3 Å². The van der Waals surface area contributed by atoms with Crippen molar-refractivity contribution in [2.75, 3.05) is 7.11 Å². The smallest absolute Gasteiger partial charge is 0.478 e. The van der Waals surface area contributed by atoms with Gasteiger partial charge in [0, 0.05) is 6.07 Å². The molecule has 4 rings (SSSR count). The first-order valence-electron chi connectivity index (χ1n) is 10.8. The highest BCUT2D eigenvalue weighted by Gasteiger charge is 2.68. The molecule has 1 aromatic heterocycles. The zero-order valence-electron chi connectivity index (χ0n) is 19.6. The Kier molecular flexibility index (Phi) is 6.45. The van der Waals surface area contributed by atoms with Gasteiger partial charge in [-0.25, -0.2) is 4.98 Å². The van der Waals surface area contributed by atoms with Crippen LogP contribution in [0.3, 0.4) is 0 Å². The van der Waals surface area contributed by atoms with Crippen LogP contribution < -0.4 is 4.74 Å². The number of alkyl halides is 2. The summed E-state index contributed by atoms with van der Waals surface area (Å²) >= 11 is 21.1. The van der Waals surface area contributed by atoms with Crippen LogP contribution in [-0.4, -0.2) is 41.0 Å². The van der Waals surface area contributed by atoms with Crippen LogP contribution in [0.25, 0.3) is 5.57 Å². The lowest BCUT2D eigenvalue weighted by molar-refractivity contribution is 0.00578. The molecule has 0 N–H and O–H groups in total. The molecule has 5 nitrogen and oxygen atoms in total. The van der Waals surface area contributed by atoms with E-state index in [-0.39, 0.29) is 16.5 Å². The molecule has 178 valence electrons. The van der Waals surface area contributed by atoms with E-state index in [2.05, 4.69) is 4.98 Å². The molecule has 1 aliphatic heterocycles. The van der Waals surface area contributed by atoms with E-state index in [1.165, 1.54) is 7.11 Å². The number of hydrogen-bond donors (Lipinski definition) is 0. The van der Waals surface area contributed by atoms with Crippen LogP contribution in [0.2, 0.25) is 5.15 Å². The van der Waals surface area contributed by atoms with Crippen LogP contribution in [0.4, 0.5) is 0 Å². The second-order valence-electron chi connectivity index (χ2n) is 9.37. The number of allylic oxidation sites excluding steroid dienone is 4. The molecule has 9 heteroatoms. The number of hydrogen-bond acceptors (Lipinski definition) is 5. The topological polar surface area (TPSA) is 57.6 Å². The Bertz CT molecular complexity index is 1160. The molecule has 0 bridgehead atoms. The quantitative estimate of drug-likeness (QED) is 0.202. The standard InChI is InChI=1S/C25H25BCl3NO4/c1-22(2)23(3,4)34-26(33-22)24(20-14-19(32-5)17(15-31)21(27)30-20)13-9-12-18(25(24,28)29)16-10-7-6-8-11-16/h6-15H,1-5H3. The van der Waals surface area contributed by atoms with Gasteiger partial charge in [-0.3, -0.25) is 4.79 Å². The maximum atomic E-state index is 11.6. The van der Waals surface area contributed by atoms with E-state index in [1.807, 2.05) is 76.3 Å². The predicted octanol–water partition coefficient (Wildman–Crippen LogP) is 6.25. The van der Waals surface area contributed by atoms with Crippen LogP contribution in [0.5, 0.6) is 5.75 Å². The average molecular weight is 521 g/mol. The summed E-state index contributed by atoms with van der Waals surface area (Å²) in [6, 6.07) is 11.2. The van der Waals surface area contributed by atoms with Gasteiger partial charge >= 0.3 is 7.12 Å². The molecule has 1 atom stereocenters. The Morgan fingerprint density at radius 2 is 1.68 bits per heavy atom. The first-order valence-corrected chi connectivity index (χ1v) is 11.9. The number of benzene rings is 1. The maximum Gasteiger partial charge on any atom is 0.478 e. The van der Waals surface area contributed by atoms with Gasteiger partial charge in [0.25, 0.3) is 0 Å². The molecule has 1 unspecified atom stereocenters. The highest BCUT2D eigenvalue weighted by Crippen LogP contribution is 2.58. The van der Waals surface area contributed by atoms with Crippen LogP contribution in [-0.2, 0) is 14.6 Å². The number of rotatable bonds is 5. The Balaban J connectivity index is 2.00. The SMILES string of the molecule is COc1cc(C2(B3OC(C)(C)C(C)(C)O3)C=CC=C(c3ccccc3)C2(Cl)Cl)nc(Cl)c1C=O. The molecule has 2 aliphatic rings. The minimum Gasteiger partial charge on any atom is -0.496 e. The number of ether oxygens (including phenoxy) is 1. The van der Waals surface area contributed by atoms with Crippen LogP contribution in [0.15, 0.2) is 54.6 Å². The van der Waals surface area contributed by atoms with Crippen LogP contribution >= 0.6 is 34.8 Å². The number of nitrogens with zero attached hydrogens (tertiary/aromatic N) is 1. The van der Waals surface area contributed by atoms with E-state index in [0.29, 0.717) is 17.6 Å². The van der Waals surface area contributed by atoms with Crippen molar-refractivity contribution in [3.63, 3.8) is 0 Å². The van der Waals surface area contributed by atoms with Crippen molar-refractivity contribution in [2.24, 2.45) is 0 Å². The van der Waals surface area contributed by atoms with Gasteiger partial charge in [-0.1, -0.05) is 83.4 Å². The predicted molar refractivity (Wildman–Crippen MR) is 137 cm³/mol. The summed E-state index contributed by atoms with van der Waals surface area (Å²) in [6.45, 7) is 7.78. The number of aromatic nitrogens is 1. The van der Waals surface area contributed by atoms with E-state index in [9.17, 15) is 4.79 Å². The molecule has 1 aliphatic carbocycles. The lowest BCUT2D eigenvalue weighted by Crippen LogP contribution is -2.57. The fourth-order valence-electron chi connectivity index (χ4n) is 4.24. The van der Waals surface area contributed by atoms with E-state index >= 15 is 0 Å². The number of aldehydes is 1. The molecular weight excluding hydrogens is 495 g/mol. The summed E-state index contributed by atoms with van der Waals surface area (Å²) in [7, 11) is 0.511. The van der Waals surface area contributed by atoms with Crippen LogP contribution in [0, 0.1) is 0 Å². The van der Waals surface area contributed by atoms with Gasteiger partial charge in [-0.15, -0.1) is 0 Å². The second-order valence-corrected chi connectivity index (χ2v) is 11.1. The molecular formula is C25H25BCl3NO4. The molecule has 0 saturated carbocycles. The first-order chi connectivity index (χ1) is 15.9. The highest BCUT2D eigenvalue weighted by atomic mass is 35.5. The van der Waals surface area contributed by atoms with Gasteiger partial charge in [0.1, 0.15) is 16.2 Å². The zero-order chi connectivity index (χ0) is 24.9. The van der Waals surface area contributed by atoms with Gasteiger partial charge in [0.2, 0.25) is 0 Å². The fourth-order valence-corrected chi connectivity index (χ4v) is 5.31. The van der Waals surface area contributed by atoms with Gasteiger partial charge in [-0.2, -0.15) is 0 Å². The van der Waals surface area contributed by atoms with Gasteiger partial charge < -0.3 is 14.0 Å². The van der Waals surface area contributed by atoms with Crippen molar-refractivity contribution in [1.29, 1.82) is 0 Å². The maximum absolute atomic E-state index is 11.6. The first kappa shape index (κ1) is 25.3. The van der Waals surface area contributed by atoms with Crippen molar-refractivity contribution in [1.82, 2.24) is 4.98 Å². The third-order valence-electron chi connectivity index (χ3n) is 6.93. The largest absolute Gasteiger partial charge is 0.496 e. The number of pyridine rings is 1. The molecule has 34 heavy (non-hydrogen) atoms. The lowest BCUT2D eigenvalue weighted by Gasteiger charge is -2.44. The lowest BCUT2D eigenvalue weighted by atomic mass is 9.50. The molecule has 0 amide bonds. The summed E-state index contributed by atoms with van der Waals surface area (Å²) in [5.74, 6) is 0.245. The molecule has 1 fully saturated rings. The minimum absolute atomic E-state index is 0.0337. The third kappa shape index (κ3) is 3.71. The van der Waals surface area contributed by atoms with Crippen molar-refractivity contribution < 1.29 is 18.8 Å². The van der Waals surface area contributed by atoms with Crippen molar-refractivity contribution >= 4 is 53.8 Å². The van der Waals surface area contributed by atoms with Gasteiger partial charge in [0.15, 0.2) is 10.6 Å². The van der Waals surface area contributed by atoms with E-state index in [1.54, 1.807) is 6.07 Å². The summed E-state index contributed by atoms with van der Waals surface area (Å²) in [5.41, 5.74) is 0.608. The molecule has 0 spiro atoms. The van der Waals surface area contributed by atoms with Gasteiger partial charge in [-0.05, 0) is 38.8 Å². The van der Waals surface area contributed by atoms with E-state index in [0.717, 1.165) is 5.56 Å². The molecule has 2 heterocycles. The van der Waals surface area contributed by atoms with E-state index in [4.69, 9.17) is 48.8 Å². The Labute approximate surface area is 215 Å². The zero-order valence-corrected chi connectivity index (χ0v) is 21.8. The number of methoxy groups -OCH3 is 1. The van der Waals surface area contributed by atoms with Crippen molar-refractivity contribution in [3.05, 3.63) is 76.6 Å². The molecule has 2 aromatic rings. The Morgan fingerprint density at radius 1 is 1.06 bits per heavy atom. The molecule has 0 radical (unpaired) electrons. The summed E-state index contributed by atoms with van der Waals surface area (Å²) in [4.78, 5) is 16.2. The normalized spacial score (nSPS) is 24.6. The second kappa shape index (κ2) is 8.68. The average Bonchev–Trinajstić information content (AvgIpc) is 3.00. The van der Waals surface area contributed by atoms with Crippen molar-refractivity contribution in [2.45, 2.75) is 48.5 Å². The highest BCUT2D eigenvalue weighted by molar-refractivity contribution is 6.64. The molecule has 1 saturated heterocycles. The monoisotopic (exact) mass is 519 g/mol. The number of carbonyl (C=O) groups excluding carboxylic acids is 1. The Morgan fingerprint density at radius 3 is 2.24 bits per heavy atom. The summed E-state index contributed by atoms with van der Waals surface area (Å²) in [5, 5.41) is -1.38. The number of carbonyl (C=O) groups is 1. The third-order valence-corrected chi connectivity index (χ3v) is 8.25. The van der Waals surface area contributed by atoms with Gasteiger partial charge in [0.05, 0.1) is 29.6 Å². The fraction of sp³-hybridized carbons (Fsp3) is 0.360. The Hall–Kier alpha value is -1.83. The minimum atomic E-state index is -1.60. The summed E-state index contributed by atoms with van der Waals surface area (Å²) < 4.78 is 16.8.